The fourth-order valence-electron chi connectivity index (χ4n) is 3.25. The van der Waals surface area contributed by atoms with Crippen LogP contribution in [-0.4, -0.2) is 27.0 Å². The van der Waals surface area contributed by atoms with Crippen molar-refractivity contribution in [3.8, 4) is 0 Å². The molecule has 0 spiro atoms. The molecule has 1 aromatic heterocycles. The maximum Gasteiger partial charge on any atom is 0.178 e. The van der Waals surface area contributed by atoms with E-state index >= 15 is 0 Å². The molecule has 1 aliphatic rings. The Morgan fingerprint density at radius 3 is 2.95 bits per heavy atom. The van der Waals surface area contributed by atoms with E-state index in [1.165, 1.54) is 16.7 Å². The first-order valence-corrected chi connectivity index (χ1v) is 8.61. The van der Waals surface area contributed by atoms with Gasteiger partial charge in [0.25, 0.3) is 0 Å². The number of H-pyrrole nitrogens is 1. The standard InChI is InChI=1S/C17H22ClN3S/c1-4-12(5-2)9-20-10-13-14(18)6-7-15-16(13)21(8-11(20)3)17(22)19-15/h4,6-7,11H,5,8-10H2,1-3H3,(H,19,22)/t11-/m0/s1. The van der Waals surface area contributed by atoms with Gasteiger partial charge in [0.15, 0.2) is 4.77 Å². The van der Waals surface area contributed by atoms with Crippen LogP contribution in [0.5, 0.6) is 0 Å². The lowest BCUT2D eigenvalue weighted by Gasteiger charge is -2.28. The van der Waals surface area contributed by atoms with Crippen LogP contribution in [0.2, 0.25) is 5.02 Å². The molecule has 2 heterocycles. The number of hydrogen-bond donors (Lipinski definition) is 1. The van der Waals surface area contributed by atoms with E-state index in [9.17, 15) is 0 Å². The average Bonchev–Trinajstić information content (AvgIpc) is 2.73. The highest BCUT2D eigenvalue weighted by atomic mass is 35.5. The summed E-state index contributed by atoms with van der Waals surface area (Å²) in [5, 5.41) is 0.827. The summed E-state index contributed by atoms with van der Waals surface area (Å²) in [7, 11) is 0. The molecule has 0 bridgehead atoms. The third-order valence-electron chi connectivity index (χ3n) is 4.68. The smallest absolute Gasteiger partial charge is 0.178 e. The largest absolute Gasteiger partial charge is 0.331 e. The second-order valence-electron chi connectivity index (χ2n) is 6.02. The highest BCUT2D eigenvalue weighted by Gasteiger charge is 2.25. The van der Waals surface area contributed by atoms with Crippen LogP contribution < -0.4 is 0 Å². The summed E-state index contributed by atoms with van der Waals surface area (Å²) in [6.45, 7) is 9.35. The van der Waals surface area contributed by atoms with Gasteiger partial charge in [-0.3, -0.25) is 4.90 Å². The Kier molecular flexibility index (Phi) is 4.44. The van der Waals surface area contributed by atoms with Gasteiger partial charge in [0.2, 0.25) is 0 Å². The van der Waals surface area contributed by atoms with Crippen molar-refractivity contribution in [1.29, 1.82) is 0 Å². The van der Waals surface area contributed by atoms with Crippen molar-refractivity contribution >= 4 is 34.9 Å². The van der Waals surface area contributed by atoms with Gasteiger partial charge in [-0.25, -0.2) is 0 Å². The summed E-state index contributed by atoms with van der Waals surface area (Å²) in [6, 6.07) is 4.41. The number of allylic oxidation sites excluding steroid dienone is 1. The van der Waals surface area contributed by atoms with Crippen molar-refractivity contribution in [2.75, 3.05) is 6.54 Å². The molecule has 3 rings (SSSR count). The maximum absolute atomic E-state index is 6.51. The molecular weight excluding hydrogens is 314 g/mol. The molecule has 0 fully saturated rings. The highest BCUT2D eigenvalue weighted by Crippen LogP contribution is 2.31. The van der Waals surface area contributed by atoms with Crippen molar-refractivity contribution in [2.24, 2.45) is 0 Å². The zero-order chi connectivity index (χ0) is 15.9. The molecule has 22 heavy (non-hydrogen) atoms. The fraction of sp³-hybridized carbons (Fsp3) is 0.471. The van der Waals surface area contributed by atoms with Gasteiger partial charge in [-0.05, 0) is 44.6 Å². The Bertz CT molecular complexity index is 787. The Morgan fingerprint density at radius 2 is 2.27 bits per heavy atom. The normalized spacial score (nSPS) is 19.6. The van der Waals surface area contributed by atoms with Gasteiger partial charge in [0.05, 0.1) is 11.0 Å². The summed E-state index contributed by atoms with van der Waals surface area (Å²) in [4.78, 5) is 5.80. The Labute approximate surface area is 141 Å². The van der Waals surface area contributed by atoms with Crippen LogP contribution in [-0.2, 0) is 13.1 Å². The van der Waals surface area contributed by atoms with E-state index < -0.39 is 0 Å². The van der Waals surface area contributed by atoms with Crippen LogP contribution in [0.25, 0.3) is 11.0 Å². The van der Waals surface area contributed by atoms with Crippen molar-refractivity contribution in [2.45, 2.75) is 46.3 Å². The third kappa shape index (κ3) is 2.64. The molecule has 1 aromatic carbocycles. The van der Waals surface area contributed by atoms with E-state index in [-0.39, 0.29) is 0 Å². The lowest BCUT2D eigenvalue weighted by atomic mass is 10.1. The number of nitrogens with zero attached hydrogens (tertiary/aromatic N) is 2. The topological polar surface area (TPSA) is 24.0 Å². The first-order chi connectivity index (χ1) is 10.5. The number of hydrogen-bond acceptors (Lipinski definition) is 2. The van der Waals surface area contributed by atoms with Gasteiger partial charge in [-0.2, -0.15) is 0 Å². The highest BCUT2D eigenvalue weighted by molar-refractivity contribution is 7.71. The molecule has 1 N–H and O–H groups in total. The zero-order valence-electron chi connectivity index (χ0n) is 13.3. The molecule has 118 valence electrons. The van der Waals surface area contributed by atoms with E-state index in [1.807, 2.05) is 12.1 Å². The lowest BCUT2D eigenvalue weighted by molar-refractivity contribution is 0.204. The predicted molar refractivity (Wildman–Crippen MR) is 96.1 cm³/mol. The number of nitrogens with one attached hydrogen (secondary N) is 1. The summed E-state index contributed by atoms with van der Waals surface area (Å²) in [5.74, 6) is 0. The van der Waals surface area contributed by atoms with Gasteiger partial charge in [0, 0.05) is 36.3 Å². The first kappa shape index (κ1) is 15.8. The van der Waals surface area contributed by atoms with Crippen LogP contribution in [0.15, 0.2) is 23.8 Å². The maximum atomic E-state index is 6.51. The van der Waals surface area contributed by atoms with E-state index in [4.69, 9.17) is 23.8 Å². The van der Waals surface area contributed by atoms with E-state index in [1.54, 1.807) is 0 Å². The SMILES string of the molecule is CC=C(CC)CN1Cc2c(Cl)ccc3[nH]c(=S)n(c23)C[C@@H]1C. The van der Waals surface area contributed by atoms with Crippen LogP contribution in [0, 0.1) is 4.77 Å². The molecule has 0 amide bonds. The van der Waals surface area contributed by atoms with Crippen molar-refractivity contribution < 1.29 is 0 Å². The monoisotopic (exact) mass is 335 g/mol. The predicted octanol–water partition coefficient (Wildman–Crippen LogP) is 4.91. The van der Waals surface area contributed by atoms with Crippen LogP contribution >= 0.6 is 23.8 Å². The molecule has 5 heteroatoms. The van der Waals surface area contributed by atoms with Gasteiger partial charge in [0.1, 0.15) is 0 Å². The molecular formula is C17H22ClN3S. The second-order valence-corrected chi connectivity index (χ2v) is 6.81. The summed E-state index contributed by atoms with van der Waals surface area (Å²) in [6.07, 6.45) is 3.32. The summed E-state index contributed by atoms with van der Waals surface area (Å²) >= 11 is 12.0. The van der Waals surface area contributed by atoms with Gasteiger partial charge < -0.3 is 9.55 Å². The number of imidazole rings is 1. The Hall–Kier alpha value is -1.10. The lowest BCUT2D eigenvalue weighted by Crippen LogP contribution is -2.35. The first-order valence-electron chi connectivity index (χ1n) is 7.83. The number of aromatic nitrogens is 2. The van der Waals surface area contributed by atoms with Crippen LogP contribution in [0.3, 0.4) is 0 Å². The second kappa shape index (κ2) is 6.19. The fourth-order valence-corrected chi connectivity index (χ4v) is 3.74. The molecule has 0 saturated carbocycles. The van der Waals surface area contributed by atoms with Gasteiger partial charge in [-0.1, -0.05) is 30.2 Å². The minimum absolute atomic E-state index is 0.413. The number of rotatable bonds is 3. The average molecular weight is 336 g/mol. The summed E-state index contributed by atoms with van der Waals surface area (Å²) in [5.41, 5.74) is 4.90. The van der Waals surface area contributed by atoms with E-state index in [2.05, 4.69) is 41.3 Å². The number of aromatic amines is 1. The molecule has 0 unspecified atom stereocenters. The number of benzene rings is 1. The van der Waals surface area contributed by atoms with Crippen LogP contribution in [0.4, 0.5) is 0 Å². The molecule has 1 aliphatic heterocycles. The minimum Gasteiger partial charge on any atom is -0.331 e. The van der Waals surface area contributed by atoms with E-state index in [0.717, 1.165) is 41.4 Å². The number of halogens is 1. The quantitative estimate of drug-likeness (QED) is 0.636. The van der Waals surface area contributed by atoms with Crippen molar-refractivity contribution in [1.82, 2.24) is 14.5 Å². The molecule has 0 radical (unpaired) electrons. The third-order valence-corrected chi connectivity index (χ3v) is 5.36. The van der Waals surface area contributed by atoms with Crippen molar-refractivity contribution in [3.05, 3.63) is 39.1 Å². The molecule has 0 aliphatic carbocycles. The molecule has 2 aromatic rings. The Balaban J connectivity index is 2.09. The molecule has 1 atom stereocenters. The Morgan fingerprint density at radius 1 is 1.50 bits per heavy atom. The zero-order valence-corrected chi connectivity index (χ0v) is 14.9. The van der Waals surface area contributed by atoms with Crippen molar-refractivity contribution in [3.63, 3.8) is 0 Å². The van der Waals surface area contributed by atoms with Crippen LogP contribution in [0.1, 0.15) is 32.8 Å². The molecule has 3 nitrogen and oxygen atoms in total. The minimum atomic E-state index is 0.413. The van der Waals surface area contributed by atoms with E-state index in [0.29, 0.717) is 6.04 Å². The van der Waals surface area contributed by atoms with Gasteiger partial charge in [-0.15, -0.1) is 0 Å². The van der Waals surface area contributed by atoms with Gasteiger partial charge >= 0.3 is 0 Å². The molecule has 0 saturated heterocycles. The summed E-state index contributed by atoms with van der Waals surface area (Å²) < 4.78 is 2.99.